The zero-order valence-corrected chi connectivity index (χ0v) is 13.6. The standard InChI is InChI=1S/C19H23NO3/c1-4-10-19(18(22)20(3)12-5-2)11-6-8-15(17(19)21)14-16-9-7-13-23-16/h4-5,7,9,13-14H,1-2,6,8,10-12H2,3H3/b15-14+. The zero-order valence-electron chi connectivity index (χ0n) is 13.6. The summed E-state index contributed by atoms with van der Waals surface area (Å²) in [6.07, 6.45) is 8.99. The molecule has 23 heavy (non-hydrogen) atoms. The van der Waals surface area contributed by atoms with E-state index >= 15 is 0 Å². The van der Waals surface area contributed by atoms with Crippen LogP contribution in [0.2, 0.25) is 0 Å². The molecule has 4 nitrogen and oxygen atoms in total. The Balaban J connectivity index is 2.38. The number of nitrogens with zero attached hydrogens (tertiary/aromatic N) is 1. The Labute approximate surface area is 137 Å². The number of rotatable bonds is 6. The van der Waals surface area contributed by atoms with Gasteiger partial charge in [0.2, 0.25) is 5.91 Å². The van der Waals surface area contributed by atoms with Gasteiger partial charge in [0.25, 0.3) is 0 Å². The van der Waals surface area contributed by atoms with Gasteiger partial charge in [0, 0.05) is 13.6 Å². The van der Waals surface area contributed by atoms with Crippen molar-refractivity contribution in [2.24, 2.45) is 5.41 Å². The van der Waals surface area contributed by atoms with Gasteiger partial charge in [-0.15, -0.1) is 13.2 Å². The van der Waals surface area contributed by atoms with Crippen LogP contribution in [0.1, 0.15) is 31.4 Å². The smallest absolute Gasteiger partial charge is 0.236 e. The fraction of sp³-hybridized carbons (Fsp3) is 0.368. The number of amides is 1. The van der Waals surface area contributed by atoms with Crippen molar-refractivity contribution in [2.75, 3.05) is 13.6 Å². The average molecular weight is 313 g/mol. The first-order valence-electron chi connectivity index (χ1n) is 7.81. The summed E-state index contributed by atoms with van der Waals surface area (Å²) >= 11 is 0. The van der Waals surface area contributed by atoms with E-state index in [2.05, 4.69) is 13.2 Å². The molecule has 4 heteroatoms. The lowest BCUT2D eigenvalue weighted by Crippen LogP contribution is -2.49. The van der Waals surface area contributed by atoms with E-state index in [0.717, 1.165) is 6.42 Å². The molecule has 1 aliphatic rings. The number of allylic oxidation sites excluding steroid dienone is 2. The van der Waals surface area contributed by atoms with Crippen molar-refractivity contribution in [3.63, 3.8) is 0 Å². The van der Waals surface area contributed by atoms with Crippen molar-refractivity contribution < 1.29 is 14.0 Å². The third-order valence-electron chi connectivity index (χ3n) is 4.29. The van der Waals surface area contributed by atoms with Crippen LogP contribution in [0.4, 0.5) is 0 Å². The number of Topliss-reactive ketones (excluding diaryl/α,β-unsaturated/α-hetero) is 1. The molecule has 0 spiro atoms. The highest BCUT2D eigenvalue weighted by atomic mass is 16.3. The third kappa shape index (κ3) is 3.36. The molecule has 1 aromatic rings. The summed E-state index contributed by atoms with van der Waals surface area (Å²) in [6, 6.07) is 3.58. The van der Waals surface area contributed by atoms with E-state index < -0.39 is 5.41 Å². The van der Waals surface area contributed by atoms with Gasteiger partial charge in [-0.25, -0.2) is 0 Å². The largest absolute Gasteiger partial charge is 0.465 e. The molecule has 1 aromatic heterocycles. The second-order valence-electron chi connectivity index (χ2n) is 5.92. The van der Waals surface area contributed by atoms with Gasteiger partial charge in [0.15, 0.2) is 5.78 Å². The second kappa shape index (κ2) is 7.27. The van der Waals surface area contributed by atoms with Crippen LogP contribution in [0.5, 0.6) is 0 Å². The molecule has 0 aliphatic heterocycles. The van der Waals surface area contributed by atoms with Crippen LogP contribution in [0, 0.1) is 5.41 Å². The van der Waals surface area contributed by atoms with Crippen LogP contribution in [0.15, 0.2) is 53.7 Å². The topological polar surface area (TPSA) is 50.5 Å². The van der Waals surface area contributed by atoms with E-state index in [9.17, 15) is 9.59 Å². The maximum absolute atomic E-state index is 13.1. The van der Waals surface area contributed by atoms with Crippen molar-refractivity contribution in [1.82, 2.24) is 4.90 Å². The number of furan rings is 1. The van der Waals surface area contributed by atoms with Gasteiger partial charge >= 0.3 is 0 Å². The van der Waals surface area contributed by atoms with E-state index in [1.54, 1.807) is 48.6 Å². The van der Waals surface area contributed by atoms with Crippen LogP contribution in [-0.2, 0) is 9.59 Å². The summed E-state index contributed by atoms with van der Waals surface area (Å²) in [5, 5.41) is 0. The molecule has 0 aromatic carbocycles. The van der Waals surface area contributed by atoms with Gasteiger partial charge in [0.1, 0.15) is 11.2 Å². The normalized spacial score (nSPS) is 22.8. The Morgan fingerprint density at radius 1 is 1.43 bits per heavy atom. The van der Waals surface area contributed by atoms with Crippen LogP contribution in [-0.4, -0.2) is 30.2 Å². The monoisotopic (exact) mass is 313 g/mol. The first-order chi connectivity index (χ1) is 11.0. The van der Waals surface area contributed by atoms with Crippen molar-refractivity contribution in [1.29, 1.82) is 0 Å². The Kier molecular flexibility index (Phi) is 5.37. The number of ketones is 1. The fourth-order valence-electron chi connectivity index (χ4n) is 3.17. The predicted molar refractivity (Wildman–Crippen MR) is 90.6 cm³/mol. The number of likely N-dealkylation sites (N-methyl/N-ethyl adjacent to an activating group) is 1. The lowest BCUT2D eigenvalue weighted by atomic mass is 9.67. The molecule has 1 saturated carbocycles. The van der Waals surface area contributed by atoms with E-state index in [1.807, 2.05) is 0 Å². The maximum Gasteiger partial charge on any atom is 0.236 e. The highest BCUT2D eigenvalue weighted by Gasteiger charge is 2.48. The van der Waals surface area contributed by atoms with Gasteiger partial charge in [0.05, 0.1) is 6.26 Å². The van der Waals surface area contributed by atoms with Crippen LogP contribution in [0.25, 0.3) is 6.08 Å². The molecule has 0 N–H and O–H groups in total. The molecule has 0 bridgehead atoms. The van der Waals surface area contributed by atoms with Gasteiger partial charge in [-0.1, -0.05) is 12.2 Å². The highest BCUT2D eigenvalue weighted by molar-refractivity contribution is 6.16. The molecule has 0 saturated heterocycles. The lowest BCUT2D eigenvalue weighted by Gasteiger charge is -2.37. The van der Waals surface area contributed by atoms with Crippen molar-refractivity contribution in [3.05, 3.63) is 55.0 Å². The van der Waals surface area contributed by atoms with Crippen molar-refractivity contribution >= 4 is 17.8 Å². The Morgan fingerprint density at radius 3 is 2.83 bits per heavy atom. The Hall–Kier alpha value is -2.36. The Bertz CT molecular complexity index is 627. The SMILES string of the molecule is C=CCN(C)C(=O)C1(CC=C)CCC/C(=C\c2ccco2)C1=O. The lowest BCUT2D eigenvalue weighted by molar-refractivity contribution is -0.148. The Morgan fingerprint density at radius 2 is 2.22 bits per heavy atom. The molecular weight excluding hydrogens is 290 g/mol. The number of carbonyl (C=O) groups is 2. The molecule has 122 valence electrons. The summed E-state index contributed by atoms with van der Waals surface area (Å²) in [6.45, 7) is 7.82. The van der Waals surface area contributed by atoms with E-state index in [4.69, 9.17) is 4.42 Å². The quantitative estimate of drug-likeness (QED) is 0.458. The molecule has 1 atom stereocenters. The van der Waals surface area contributed by atoms with Gasteiger partial charge in [-0.2, -0.15) is 0 Å². The fourth-order valence-corrected chi connectivity index (χ4v) is 3.17. The first-order valence-corrected chi connectivity index (χ1v) is 7.81. The van der Waals surface area contributed by atoms with Gasteiger partial charge in [-0.3, -0.25) is 9.59 Å². The van der Waals surface area contributed by atoms with Crippen molar-refractivity contribution in [3.8, 4) is 0 Å². The second-order valence-corrected chi connectivity index (χ2v) is 5.92. The minimum absolute atomic E-state index is 0.110. The average Bonchev–Trinajstić information content (AvgIpc) is 3.04. The summed E-state index contributed by atoms with van der Waals surface area (Å²) < 4.78 is 5.30. The molecule has 2 rings (SSSR count). The molecule has 1 aliphatic carbocycles. The number of hydrogen-bond acceptors (Lipinski definition) is 3. The van der Waals surface area contributed by atoms with E-state index in [1.165, 1.54) is 0 Å². The van der Waals surface area contributed by atoms with E-state index in [0.29, 0.717) is 37.1 Å². The minimum atomic E-state index is -1.05. The minimum Gasteiger partial charge on any atom is -0.465 e. The molecule has 1 unspecified atom stereocenters. The maximum atomic E-state index is 13.1. The number of carbonyl (C=O) groups excluding carboxylic acids is 2. The molecule has 1 heterocycles. The van der Waals surface area contributed by atoms with Crippen LogP contribution < -0.4 is 0 Å². The molecule has 0 radical (unpaired) electrons. The zero-order chi connectivity index (χ0) is 16.9. The highest BCUT2D eigenvalue weighted by Crippen LogP contribution is 2.41. The van der Waals surface area contributed by atoms with Crippen LogP contribution in [0.3, 0.4) is 0 Å². The number of hydrogen-bond donors (Lipinski definition) is 0. The first kappa shape index (κ1) is 17.0. The van der Waals surface area contributed by atoms with Crippen LogP contribution >= 0.6 is 0 Å². The summed E-state index contributed by atoms with van der Waals surface area (Å²) in [5.41, 5.74) is -0.399. The summed E-state index contributed by atoms with van der Waals surface area (Å²) in [5.74, 6) is 0.364. The predicted octanol–water partition coefficient (Wildman–Crippen LogP) is 3.62. The summed E-state index contributed by atoms with van der Waals surface area (Å²) in [7, 11) is 1.70. The van der Waals surface area contributed by atoms with E-state index in [-0.39, 0.29) is 11.7 Å². The molecular formula is C19H23NO3. The third-order valence-corrected chi connectivity index (χ3v) is 4.29. The van der Waals surface area contributed by atoms with Gasteiger partial charge in [-0.05, 0) is 49.5 Å². The summed E-state index contributed by atoms with van der Waals surface area (Å²) in [4.78, 5) is 27.6. The van der Waals surface area contributed by atoms with Gasteiger partial charge < -0.3 is 9.32 Å². The van der Waals surface area contributed by atoms with Crippen molar-refractivity contribution in [2.45, 2.75) is 25.7 Å². The molecule has 1 fully saturated rings. The molecule has 1 amide bonds.